The fourth-order valence-corrected chi connectivity index (χ4v) is 6.76. The van der Waals surface area contributed by atoms with Gasteiger partial charge >= 0.3 is 0 Å². The number of aromatic hydroxyl groups is 1. The van der Waals surface area contributed by atoms with Crippen LogP contribution in [0.1, 0.15) is 66.8 Å². The van der Waals surface area contributed by atoms with Crippen LogP contribution in [0, 0.1) is 0 Å². The average Bonchev–Trinajstić information content (AvgIpc) is 3.67. The van der Waals surface area contributed by atoms with Gasteiger partial charge in [0.2, 0.25) is 17.0 Å². The number of aliphatic hydroxyl groups excluding tert-OH is 1. The molecule has 14 heteroatoms. The summed E-state index contributed by atoms with van der Waals surface area (Å²) in [7, 11) is 0. The van der Waals surface area contributed by atoms with Gasteiger partial charge in [0.15, 0.2) is 6.29 Å². The number of amides is 2. The highest BCUT2D eigenvalue weighted by Crippen LogP contribution is 2.40. The second-order valence-corrected chi connectivity index (χ2v) is 13.4. The molecule has 0 radical (unpaired) electrons. The molecule has 5 N–H and O–H groups in total. The zero-order valence-electron chi connectivity index (χ0n) is 28.3. The Hall–Kier alpha value is -5.12. The standard InChI is InChI=1S/C38H40N6O7S/c45-23-25-11-13-27(14-12-25)34-21-33(24-52-38-40-42-43-44(38)31-15-17-32(46)18-16-31)50-37(51-34)30-8-4-7-29(20-30)28-6-3-5-26(19-28)22-39-35(47)9-1-2-10-36(48)41-49/h3-8,11-20,33-34,37,45-46,49H,1-2,9-10,21-24H2,(H,39,47)(H,41,48)/t33-,34+,37+/m0/s1. The summed E-state index contributed by atoms with van der Waals surface area (Å²) >= 11 is 1.47. The first kappa shape index (κ1) is 36.7. The largest absolute Gasteiger partial charge is 0.508 e. The molecule has 4 aromatic carbocycles. The molecule has 0 spiro atoms. The number of ether oxygens (including phenoxy) is 2. The lowest BCUT2D eigenvalue weighted by atomic mass is 9.99. The van der Waals surface area contributed by atoms with Crippen LogP contribution in [-0.2, 0) is 32.2 Å². The second-order valence-electron chi connectivity index (χ2n) is 12.4. The molecule has 0 unspecified atom stereocenters. The molecular weight excluding hydrogens is 685 g/mol. The first-order valence-electron chi connectivity index (χ1n) is 17.0. The summed E-state index contributed by atoms with van der Waals surface area (Å²) in [6, 6.07) is 30.4. The van der Waals surface area contributed by atoms with Gasteiger partial charge in [-0.05, 0) is 87.5 Å². The highest BCUT2D eigenvalue weighted by Gasteiger charge is 2.33. The third-order valence-corrected chi connectivity index (χ3v) is 9.69. The summed E-state index contributed by atoms with van der Waals surface area (Å²) in [5.41, 5.74) is 7.86. The number of benzene rings is 4. The number of carbonyl (C=O) groups excluding carboxylic acids is 2. The van der Waals surface area contributed by atoms with E-state index in [1.165, 1.54) is 11.8 Å². The maximum atomic E-state index is 12.4. The molecule has 52 heavy (non-hydrogen) atoms. The van der Waals surface area contributed by atoms with Crippen molar-refractivity contribution in [2.24, 2.45) is 0 Å². The van der Waals surface area contributed by atoms with Crippen LogP contribution in [0.4, 0.5) is 0 Å². The number of phenolic OH excluding ortho intramolecular Hbond substituents is 1. The minimum atomic E-state index is -0.666. The Bertz CT molecular complexity index is 1940. The number of phenols is 1. The van der Waals surface area contributed by atoms with Crippen LogP contribution in [0.25, 0.3) is 16.8 Å². The number of hydroxylamine groups is 1. The van der Waals surface area contributed by atoms with Crippen LogP contribution in [-0.4, -0.2) is 59.3 Å². The van der Waals surface area contributed by atoms with Gasteiger partial charge in [-0.2, -0.15) is 4.68 Å². The highest BCUT2D eigenvalue weighted by atomic mass is 32.2. The molecule has 5 aromatic rings. The maximum absolute atomic E-state index is 12.4. The molecule has 13 nitrogen and oxygen atoms in total. The Morgan fingerprint density at radius 3 is 2.33 bits per heavy atom. The first-order valence-corrected chi connectivity index (χ1v) is 18.0. The van der Waals surface area contributed by atoms with Crippen LogP contribution in [0.3, 0.4) is 0 Å². The molecule has 0 bridgehead atoms. The van der Waals surface area contributed by atoms with E-state index in [4.69, 9.17) is 14.7 Å². The third kappa shape index (κ3) is 9.80. The van der Waals surface area contributed by atoms with Crippen molar-refractivity contribution in [3.63, 3.8) is 0 Å². The number of nitrogens with one attached hydrogen (secondary N) is 2. The molecule has 0 saturated carbocycles. The zero-order chi connectivity index (χ0) is 36.3. The molecule has 3 atom stereocenters. The lowest BCUT2D eigenvalue weighted by Gasteiger charge is -2.36. The number of thioether (sulfide) groups is 1. The van der Waals surface area contributed by atoms with Gasteiger partial charge in [-0.3, -0.25) is 14.8 Å². The number of carbonyl (C=O) groups is 2. The minimum absolute atomic E-state index is 0.0414. The Kier molecular flexibility index (Phi) is 12.6. The van der Waals surface area contributed by atoms with Crippen LogP contribution in [0.2, 0.25) is 0 Å². The summed E-state index contributed by atoms with van der Waals surface area (Å²) in [5.74, 6) is 0.143. The predicted octanol–water partition coefficient (Wildman–Crippen LogP) is 5.55. The third-order valence-electron chi connectivity index (χ3n) is 8.64. The number of hydrogen-bond acceptors (Lipinski definition) is 11. The van der Waals surface area contributed by atoms with E-state index >= 15 is 0 Å². The molecule has 1 saturated heterocycles. The van der Waals surface area contributed by atoms with Crippen molar-refractivity contribution in [1.29, 1.82) is 0 Å². The monoisotopic (exact) mass is 724 g/mol. The van der Waals surface area contributed by atoms with Gasteiger partial charge in [-0.1, -0.05) is 72.4 Å². The molecule has 2 amide bonds. The minimum Gasteiger partial charge on any atom is -0.508 e. The topological polar surface area (TPSA) is 181 Å². The van der Waals surface area contributed by atoms with Crippen LogP contribution in [0.5, 0.6) is 5.75 Å². The van der Waals surface area contributed by atoms with Crippen molar-refractivity contribution >= 4 is 23.6 Å². The number of unbranched alkanes of at least 4 members (excludes halogenated alkanes) is 1. The number of nitrogens with zero attached hydrogens (tertiary/aromatic N) is 4. The summed E-state index contributed by atoms with van der Waals surface area (Å²) in [4.78, 5) is 23.5. The molecular formula is C38H40N6O7S. The maximum Gasteiger partial charge on any atom is 0.243 e. The fraction of sp³-hybridized carbons (Fsp3) is 0.289. The molecule has 6 rings (SSSR count). The van der Waals surface area contributed by atoms with E-state index < -0.39 is 12.2 Å². The first-order chi connectivity index (χ1) is 25.4. The summed E-state index contributed by atoms with van der Waals surface area (Å²) < 4.78 is 14.8. The van der Waals surface area contributed by atoms with E-state index in [9.17, 15) is 19.8 Å². The van der Waals surface area contributed by atoms with E-state index in [-0.39, 0.29) is 36.9 Å². The van der Waals surface area contributed by atoms with Gasteiger partial charge in [0, 0.05) is 37.1 Å². The second kappa shape index (κ2) is 17.9. The molecule has 1 aliphatic heterocycles. The van der Waals surface area contributed by atoms with E-state index in [1.54, 1.807) is 34.4 Å². The fourth-order valence-electron chi connectivity index (χ4n) is 5.86. The van der Waals surface area contributed by atoms with Crippen molar-refractivity contribution in [1.82, 2.24) is 31.0 Å². The lowest BCUT2D eigenvalue weighted by molar-refractivity contribution is -0.245. The Morgan fingerprint density at radius 2 is 1.58 bits per heavy atom. The Morgan fingerprint density at radius 1 is 0.846 bits per heavy atom. The van der Waals surface area contributed by atoms with Crippen molar-refractivity contribution in [3.05, 3.63) is 119 Å². The van der Waals surface area contributed by atoms with Gasteiger partial charge in [-0.25, -0.2) is 5.48 Å². The highest BCUT2D eigenvalue weighted by molar-refractivity contribution is 7.99. The van der Waals surface area contributed by atoms with Crippen LogP contribution in [0.15, 0.2) is 102 Å². The smallest absolute Gasteiger partial charge is 0.243 e. The molecule has 270 valence electrons. The zero-order valence-corrected chi connectivity index (χ0v) is 29.1. The number of aromatic nitrogens is 4. The van der Waals surface area contributed by atoms with Gasteiger partial charge < -0.3 is 25.0 Å². The summed E-state index contributed by atoms with van der Waals surface area (Å²) in [6.45, 7) is 0.324. The van der Waals surface area contributed by atoms with Crippen molar-refractivity contribution < 1.29 is 34.5 Å². The molecule has 1 fully saturated rings. The van der Waals surface area contributed by atoms with Crippen molar-refractivity contribution in [2.45, 2.75) is 68.9 Å². The average molecular weight is 725 g/mol. The quantitative estimate of drug-likeness (QED) is 0.0396. The SMILES string of the molecule is O=C(CCCCC(=O)NCc1cccc(-c2cccc([C@@H]3O[C@H](CSc4nnnn4-c4ccc(O)cc4)C[C@H](c4ccc(CO)cc4)O3)c2)c1)NO. The van der Waals surface area contributed by atoms with Gasteiger partial charge in [-0.15, -0.1) is 5.10 Å². The molecule has 1 aromatic heterocycles. The number of rotatable bonds is 15. The van der Waals surface area contributed by atoms with Crippen LogP contribution < -0.4 is 10.8 Å². The normalized spacial score (nSPS) is 17.1. The summed E-state index contributed by atoms with van der Waals surface area (Å²) in [5, 5.41) is 43.7. The molecule has 2 heterocycles. The van der Waals surface area contributed by atoms with E-state index in [2.05, 4.69) is 26.9 Å². The molecule has 1 aliphatic rings. The molecule has 0 aliphatic carbocycles. The van der Waals surface area contributed by atoms with Gasteiger partial charge in [0.05, 0.1) is 24.5 Å². The van der Waals surface area contributed by atoms with E-state index in [0.29, 0.717) is 43.1 Å². The van der Waals surface area contributed by atoms with Gasteiger partial charge in [0.25, 0.3) is 0 Å². The Labute approximate surface area is 304 Å². The van der Waals surface area contributed by atoms with Crippen LogP contribution >= 0.6 is 11.8 Å². The van der Waals surface area contributed by atoms with Crippen molar-refractivity contribution in [2.75, 3.05) is 5.75 Å². The van der Waals surface area contributed by atoms with Crippen molar-refractivity contribution in [3.8, 4) is 22.6 Å². The van der Waals surface area contributed by atoms with E-state index in [1.807, 2.05) is 66.7 Å². The number of tetrazole rings is 1. The Balaban J connectivity index is 1.15. The lowest BCUT2D eigenvalue weighted by Crippen LogP contribution is -2.31. The predicted molar refractivity (Wildman–Crippen MR) is 192 cm³/mol. The number of aliphatic hydroxyl groups is 1. The van der Waals surface area contributed by atoms with E-state index in [0.717, 1.165) is 39.1 Å². The van der Waals surface area contributed by atoms with Gasteiger partial charge in [0.1, 0.15) is 5.75 Å². The number of hydrogen-bond donors (Lipinski definition) is 5. The summed E-state index contributed by atoms with van der Waals surface area (Å²) in [6.07, 6.45) is 0.954.